The Morgan fingerprint density at radius 3 is 2.71 bits per heavy atom. The topological polar surface area (TPSA) is 93.5 Å². The number of amides is 1. The van der Waals surface area contributed by atoms with Gasteiger partial charge in [0.15, 0.2) is 5.75 Å². The van der Waals surface area contributed by atoms with Crippen molar-refractivity contribution in [3.05, 3.63) is 33.9 Å². The van der Waals surface area contributed by atoms with Crippen LogP contribution in [0.1, 0.15) is 30.6 Å². The maximum absolute atomic E-state index is 11.5. The molecule has 0 aromatic heterocycles. The van der Waals surface area contributed by atoms with E-state index in [1.807, 2.05) is 13.8 Å². The van der Waals surface area contributed by atoms with Gasteiger partial charge in [-0.2, -0.15) is 0 Å². The smallest absolute Gasteiger partial charge is 0.311 e. The molecule has 0 fully saturated rings. The van der Waals surface area contributed by atoms with Gasteiger partial charge < -0.3 is 15.4 Å². The lowest BCUT2D eigenvalue weighted by atomic mass is 10.1. The molecular formula is C14H21N3O4. The summed E-state index contributed by atoms with van der Waals surface area (Å²) < 4.78 is 5.44. The molecule has 0 saturated heterocycles. The van der Waals surface area contributed by atoms with Gasteiger partial charge in [-0.25, -0.2) is 0 Å². The summed E-state index contributed by atoms with van der Waals surface area (Å²) in [6, 6.07) is 4.58. The predicted molar refractivity (Wildman–Crippen MR) is 79.7 cm³/mol. The Hall–Kier alpha value is -2.15. The monoisotopic (exact) mass is 295 g/mol. The number of nitrogens with zero attached hydrogens (tertiary/aromatic N) is 1. The number of rotatable bonds is 8. The Balaban J connectivity index is 2.69. The first-order valence-corrected chi connectivity index (χ1v) is 6.82. The Morgan fingerprint density at radius 1 is 1.43 bits per heavy atom. The second-order valence-corrected chi connectivity index (χ2v) is 4.83. The average molecular weight is 295 g/mol. The third-order valence-corrected chi connectivity index (χ3v) is 2.78. The summed E-state index contributed by atoms with van der Waals surface area (Å²) >= 11 is 0. The molecule has 0 aliphatic heterocycles. The minimum atomic E-state index is -0.547. The summed E-state index contributed by atoms with van der Waals surface area (Å²) in [5, 5.41) is 16.7. The molecule has 21 heavy (non-hydrogen) atoms. The predicted octanol–water partition coefficient (Wildman–Crippen LogP) is 1.72. The number of nitrogens with one attached hydrogen (secondary N) is 2. The van der Waals surface area contributed by atoms with Crippen LogP contribution in [0, 0.1) is 10.1 Å². The molecule has 0 heterocycles. The first-order valence-electron chi connectivity index (χ1n) is 6.82. The van der Waals surface area contributed by atoms with E-state index in [-0.39, 0.29) is 22.9 Å². The normalized spacial score (nSPS) is 10.5. The number of carbonyl (C=O) groups excluding carboxylic acids is 1. The molecule has 0 unspecified atom stereocenters. The number of benzene rings is 1. The van der Waals surface area contributed by atoms with E-state index in [1.165, 1.54) is 25.2 Å². The summed E-state index contributed by atoms with van der Waals surface area (Å²) in [5.41, 5.74) is 0.0333. The molecule has 1 amide bonds. The van der Waals surface area contributed by atoms with E-state index in [9.17, 15) is 14.9 Å². The molecule has 0 saturated carbocycles. The molecule has 0 bridgehead atoms. The van der Waals surface area contributed by atoms with Crippen LogP contribution in [-0.2, 0) is 0 Å². The van der Waals surface area contributed by atoms with Gasteiger partial charge in [0.2, 0.25) is 0 Å². The van der Waals surface area contributed by atoms with E-state index in [2.05, 4.69) is 10.6 Å². The van der Waals surface area contributed by atoms with Crippen LogP contribution in [0.4, 0.5) is 5.69 Å². The van der Waals surface area contributed by atoms with Crippen molar-refractivity contribution in [1.82, 2.24) is 10.6 Å². The van der Waals surface area contributed by atoms with E-state index in [0.29, 0.717) is 12.6 Å². The van der Waals surface area contributed by atoms with Crippen molar-refractivity contribution in [2.75, 3.05) is 20.2 Å². The number of hydrogen-bond acceptors (Lipinski definition) is 5. The van der Waals surface area contributed by atoms with E-state index in [1.54, 1.807) is 0 Å². The van der Waals surface area contributed by atoms with Crippen LogP contribution >= 0.6 is 0 Å². The lowest BCUT2D eigenvalue weighted by Crippen LogP contribution is -2.24. The van der Waals surface area contributed by atoms with Crippen molar-refractivity contribution in [2.45, 2.75) is 26.3 Å². The third-order valence-electron chi connectivity index (χ3n) is 2.78. The van der Waals surface area contributed by atoms with Gasteiger partial charge in [-0.15, -0.1) is 0 Å². The SMILES string of the molecule is CNC(=O)c1ccc(OCCCNC(C)C)c([N+](=O)[O-])c1. The van der Waals surface area contributed by atoms with Gasteiger partial charge in [-0.3, -0.25) is 14.9 Å². The maximum Gasteiger partial charge on any atom is 0.311 e. The molecule has 0 radical (unpaired) electrons. The van der Waals surface area contributed by atoms with Crippen molar-refractivity contribution >= 4 is 11.6 Å². The van der Waals surface area contributed by atoms with Gasteiger partial charge in [0.25, 0.3) is 5.91 Å². The molecule has 7 heteroatoms. The Labute approximate surface area is 123 Å². The van der Waals surface area contributed by atoms with Crippen LogP contribution in [-0.4, -0.2) is 37.1 Å². The summed E-state index contributed by atoms with van der Waals surface area (Å²) in [4.78, 5) is 22.0. The van der Waals surface area contributed by atoms with E-state index >= 15 is 0 Å². The fourth-order valence-corrected chi connectivity index (χ4v) is 1.71. The molecule has 0 aliphatic carbocycles. The molecule has 7 nitrogen and oxygen atoms in total. The van der Waals surface area contributed by atoms with Crippen LogP contribution in [0.3, 0.4) is 0 Å². The summed E-state index contributed by atoms with van der Waals surface area (Å²) in [5.74, 6) is -0.192. The fourth-order valence-electron chi connectivity index (χ4n) is 1.71. The van der Waals surface area contributed by atoms with Crippen molar-refractivity contribution in [1.29, 1.82) is 0 Å². The highest BCUT2D eigenvalue weighted by atomic mass is 16.6. The van der Waals surface area contributed by atoms with Gasteiger partial charge >= 0.3 is 5.69 Å². The van der Waals surface area contributed by atoms with Crippen LogP contribution < -0.4 is 15.4 Å². The standard InChI is InChI=1S/C14H21N3O4/c1-10(2)16-7-4-8-21-13-6-5-11(14(18)15-3)9-12(13)17(19)20/h5-6,9-10,16H,4,7-8H2,1-3H3,(H,15,18). The van der Waals surface area contributed by atoms with Crippen molar-refractivity contribution in [3.8, 4) is 5.75 Å². The quantitative estimate of drug-likeness (QED) is 0.433. The second kappa shape index (κ2) is 8.21. The Morgan fingerprint density at radius 2 is 2.14 bits per heavy atom. The number of nitro groups is 1. The highest BCUT2D eigenvalue weighted by Gasteiger charge is 2.18. The lowest BCUT2D eigenvalue weighted by Gasteiger charge is -2.10. The molecule has 1 aromatic rings. The van der Waals surface area contributed by atoms with Gasteiger partial charge in [0, 0.05) is 24.7 Å². The molecule has 0 aliphatic rings. The van der Waals surface area contributed by atoms with Crippen LogP contribution in [0.5, 0.6) is 5.75 Å². The molecular weight excluding hydrogens is 274 g/mol. The van der Waals surface area contributed by atoms with Gasteiger partial charge in [0.1, 0.15) is 0 Å². The van der Waals surface area contributed by atoms with Gasteiger partial charge in [-0.1, -0.05) is 13.8 Å². The number of carbonyl (C=O) groups is 1. The first-order chi connectivity index (χ1) is 9.95. The Bertz CT molecular complexity index is 503. The summed E-state index contributed by atoms with van der Waals surface area (Å²) in [6.45, 7) is 5.24. The maximum atomic E-state index is 11.5. The zero-order valence-electron chi connectivity index (χ0n) is 12.5. The number of ether oxygens (including phenoxy) is 1. The Kier molecular flexibility index (Phi) is 6.61. The van der Waals surface area contributed by atoms with Gasteiger partial charge in [0.05, 0.1) is 11.5 Å². The number of nitro benzene ring substituents is 1. The van der Waals surface area contributed by atoms with Crippen molar-refractivity contribution in [2.24, 2.45) is 0 Å². The molecule has 116 valence electrons. The largest absolute Gasteiger partial charge is 0.487 e. The minimum absolute atomic E-state index is 0.178. The third kappa shape index (κ3) is 5.39. The van der Waals surface area contributed by atoms with E-state index in [4.69, 9.17) is 4.74 Å². The average Bonchev–Trinajstić information content (AvgIpc) is 2.45. The zero-order valence-corrected chi connectivity index (χ0v) is 12.5. The number of hydrogen-bond donors (Lipinski definition) is 2. The van der Waals surface area contributed by atoms with E-state index in [0.717, 1.165) is 13.0 Å². The first kappa shape index (κ1) is 16.9. The van der Waals surface area contributed by atoms with Crippen LogP contribution in [0.2, 0.25) is 0 Å². The lowest BCUT2D eigenvalue weighted by molar-refractivity contribution is -0.385. The van der Waals surface area contributed by atoms with Crippen molar-refractivity contribution in [3.63, 3.8) is 0 Å². The van der Waals surface area contributed by atoms with E-state index < -0.39 is 4.92 Å². The van der Waals surface area contributed by atoms with Crippen LogP contribution in [0.15, 0.2) is 18.2 Å². The van der Waals surface area contributed by atoms with Crippen LogP contribution in [0.25, 0.3) is 0 Å². The highest BCUT2D eigenvalue weighted by Crippen LogP contribution is 2.28. The molecule has 0 spiro atoms. The molecule has 0 atom stereocenters. The highest BCUT2D eigenvalue weighted by molar-refractivity contribution is 5.94. The molecule has 1 rings (SSSR count). The fraction of sp³-hybridized carbons (Fsp3) is 0.500. The second-order valence-electron chi connectivity index (χ2n) is 4.83. The zero-order chi connectivity index (χ0) is 15.8. The van der Waals surface area contributed by atoms with Gasteiger partial charge in [-0.05, 0) is 25.1 Å². The van der Waals surface area contributed by atoms with Crippen molar-refractivity contribution < 1.29 is 14.5 Å². The molecule has 2 N–H and O–H groups in total. The molecule has 1 aromatic carbocycles. The summed E-state index contributed by atoms with van der Waals surface area (Å²) in [6.07, 6.45) is 0.743. The minimum Gasteiger partial charge on any atom is -0.487 e. The summed E-state index contributed by atoms with van der Waals surface area (Å²) in [7, 11) is 1.47.